The third-order valence-corrected chi connectivity index (χ3v) is 16.3. The van der Waals surface area contributed by atoms with Crippen molar-refractivity contribution in [3.05, 3.63) is 121 Å². The number of aromatic nitrogens is 12. The Bertz CT molecular complexity index is 3750. The Labute approximate surface area is 513 Å². The van der Waals surface area contributed by atoms with Gasteiger partial charge in [0.15, 0.2) is 23.0 Å². The van der Waals surface area contributed by atoms with Crippen molar-refractivity contribution in [2.45, 2.75) is 108 Å². The van der Waals surface area contributed by atoms with Gasteiger partial charge in [-0.15, -0.1) is 0 Å². The van der Waals surface area contributed by atoms with Gasteiger partial charge >= 0.3 is 24.5 Å². The molecule has 91 heavy (non-hydrogen) atoms. The lowest BCUT2D eigenvalue weighted by molar-refractivity contribution is -0.191. The van der Waals surface area contributed by atoms with E-state index in [2.05, 4.69) is 72.0 Å². The quantitative estimate of drug-likeness (QED) is 0.0910. The highest BCUT2D eigenvalue weighted by Crippen LogP contribution is 2.40. The fourth-order valence-corrected chi connectivity index (χ4v) is 11.7. The molecule has 24 nitrogen and oxygen atoms in total. The molecule has 4 saturated heterocycles. The number of pyridine rings is 2. The molecule has 0 saturated carbocycles. The Hall–Kier alpha value is -9.91. The number of carboxylic acids is 1. The summed E-state index contributed by atoms with van der Waals surface area (Å²) in [7, 11) is 0. The van der Waals surface area contributed by atoms with E-state index in [1.54, 1.807) is 24.8 Å². The van der Waals surface area contributed by atoms with Crippen molar-refractivity contribution >= 4 is 46.0 Å². The van der Waals surface area contributed by atoms with Gasteiger partial charge in [0.1, 0.15) is 35.0 Å². The van der Waals surface area contributed by atoms with E-state index >= 15 is 0 Å². The smallest absolute Gasteiger partial charge is 0.436 e. The number of aliphatic carboxylic acids is 1. The van der Waals surface area contributed by atoms with E-state index in [4.69, 9.17) is 14.7 Å². The first-order valence-corrected chi connectivity index (χ1v) is 28.2. The average Bonchev–Trinajstić information content (AvgIpc) is 1.76. The van der Waals surface area contributed by atoms with Gasteiger partial charge in [0, 0.05) is 130 Å². The highest BCUT2D eigenvalue weighted by Gasteiger charge is 2.50. The highest BCUT2D eigenvalue weighted by atomic mass is 19.4. The molecule has 2 amide bonds. The monoisotopic (exact) mass is 1270 g/mol. The zero-order valence-electron chi connectivity index (χ0n) is 47.9. The number of hydrogen-bond acceptors (Lipinski definition) is 17. The number of nitriles is 2. The minimum absolute atomic E-state index is 0. The fraction of sp³-hybridized carbons (Fsp3) is 0.424. The van der Waals surface area contributed by atoms with Crippen molar-refractivity contribution in [3.8, 4) is 34.7 Å². The second-order valence-electron chi connectivity index (χ2n) is 21.9. The summed E-state index contributed by atoms with van der Waals surface area (Å²) >= 11 is 0. The van der Waals surface area contributed by atoms with Gasteiger partial charge in [0.2, 0.25) is 0 Å². The second-order valence-corrected chi connectivity index (χ2v) is 21.9. The summed E-state index contributed by atoms with van der Waals surface area (Å²) in [6.07, 6.45) is 10.6. The van der Waals surface area contributed by atoms with Gasteiger partial charge in [0.05, 0.1) is 59.9 Å². The maximum atomic E-state index is 14.5. The Morgan fingerprint density at radius 3 is 1.35 bits per heavy atom. The Morgan fingerprint density at radius 1 is 0.637 bits per heavy atom. The number of rotatable bonds is 13. The van der Waals surface area contributed by atoms with Gasteiger partial charge in [-0.25, -0.2) is 38.7 Å². The molecule has 12 heterocycles. The summed E-state index contributed by atoms with van der Waals surface area (Å²) in [5.41, 5.74) is -1.14. The number of nitrogens with zero attached hydrogens (tertiary/aromatic N) is 16. The van der Waals surface area contributed by atoms with E-state index in [0.717, 1.165) is 81.9 Å². The number of aromatic amines is 2. The molecule has 8 aromatic heterocycles. The van der Waals surface area contributed by atoms with Crippen LogP contribution in [0.1, 0.15) is 104 Å². The first-order valence-electron chi connectivity index (χ1n) is 28.2. The van der Waals surface area contributed by atoms with E-state index in [1.165, 1.54) is 22.5 Å². The van der Waals surface area contributed by atoms with Crippen molar-refractivity contribution in [2.24, 2.45) is 0 Å². The number of alkyl halides is 6. The van der Waals surface area contributed by atoms with E-state index in [1.807, 2.05) is 40.8 Å². The Kier molecular flexibility index (Phi) is 20.8. The summed E-state index contributed by atoms with van der Waals surface area (Å²) < 4.78 is 111. The third-order valence-electron chi connectivity index (χ3n) is 16.3. The van der Waals surface area contributed by atoms with Gasteiger partial charge < -0.3 is 24.9 Å². The molecular weight excluding hydrogens is 1210 g/mol. The number of piperidine rings is 2. The van der Waals surface area contributed by atoms with Gasteiger partial charge in [0.25, 0.3) is 11.8 Å². The molecule has 0 bridgehead atoms. The minimum Gasteiger partial charge on any atom is -0.481 e. The van der Waals surface area contributed by atoms with Crippen LogP contribution in [0.25, 0.3) is 44.6 Å². The lowest BCUT2D eigenvalue weighted by atomic mass is 9.83. The number of amides is 2. The number of carboxylic acid groups (broad SMARTS) is 1. The van der Waals surface area contributed by atoms with Crippen LogP contribution in [0.2, 0.25) is 0 Å². The fourth-order valence-electron chi connectivity index (χ4n) is 11.7. The van der Waals surface area contributed by atoms with Gasteiger partial charge in [-0.2, -0.15) is 56.7 Å². The number of H-pyrrole nitrogens is 2. The Balaban J connectivity index is 0.000000202. The topological polar surface area (TPSA) is 311 Å². The number of likely N-dealkylation sites (tertiary alicyclic amines) is 4. The van der Waals surface area contributed by atoms with Crippen LogP contribution in [0, 0.1) is 34.3 Å². The van der Waals surface area contributed by atoms with Crippen LogP contribution in [-0.4, -0.2) is 173 Å². The van der Waals surface area contributed by atoms with E-state index in [-0.39, 0.29) is 64.7 Å². The molecule has 478 valence electrons. The van der Waals surface area contributed by atoms with Crippen molar-refractivity contribution in [1.29, 1.82) is 10.5 Å². The standard InChI is InChI=1S/2C26H23F4N9O.C5H10O2.CO2.CH4/c2*27-20-18(1-7-32-22(20)26(28,29)30)24(40)37-9-3-17(4-10-37)38-13-25(14-38,5-6-31)39-12-16(11-36-39)21-19-2-8-33-23(19)35-15-34-21;1-2-3-4-5(6)7;2-1-3;/h2*1-2,7-8,11-12,15,17H,3-5,9-10,13-14H2,(H,33,34,35);2-4H2,1H3,(H,6,7);;1H4. The van der Waals surface area contributed by atoms with Gasteiger partial charge in [-0.05, 0) is 56.4 Å². The first-order chi connectivity index (χ1) is 43.1. The number of carbonyl (C=O) groups excluding carboxylic acids is 4. The molecule has 0 spiro atoms. The molecule has 0 unspecified atom stereocenters. The zero-order valence-corrected chi connectivity index (χ0v) is 47.9. The predicted molar refractivity (Wildman–Crippen MR) is 305 cm³/mol. The van der Waals surface area contributed by atoms with Gasteiger partial charge in [-0.1, -0.05) is 20.8 Å². The van der Waals surface area contributed by atoms with Crippen LogP contribution < -0.4 is 0 Å². The minimum atomic E-state index is -4.99. The number of carbonyl (C=O) groups is 3. The molecule has 0 aromatic carbocycles. The SMILES string of the molecule is C.CCCCC(=O)O.N#CCC1(n2cc(-c3ncnc4[nH]ccc34)cn2)CN(C2CCN(C(=O)c3ccnc(C(F)(F)F)c3F)CC2)C1.N#CCC1(n2cc(-c3ncnc4[nH]ccc34)cn2)CN(C2CCN(C(=O)c3ccnc(C(F)(F)F)c3F)CC2)C1.O=C=O. The lowest BCUT2D eigenvalue weighted by Gasteiger charge is -2.53. The van der Waals surface area contributed by atoms with Crippen molar-refractivity contribution in [3.63, 3.8) is 0 Å². The second kappa shape index (κ2) is 28.3. The van der Waals surface area contributed by atoms with E-state index in [0.29, 0.717) is 58.3 Å². The number of hydrogen-bond donors (Lipinski definition) is 3. The van der Waals surface area contributed by atoms with Crippen LogP contribution in [0.15, 0.2) is 86.5 Å². The van der Waals surface area contributed by atoms with Crippen molar-refractivity contribution in [2.75, 3.05) is 52.4 Å². The predicted octanol–water partition coefficient (Wildman–Crippen LogP) is 8.52. The molecule has 0 atom stereocenters. The molecule has 0 aliphatic carbocycles. The van der Waals surface area contributed by atoms with Crippen LogP contribution in [0.5, 0.6) is 0 Å². The largest absolute Gasteiger partial charge is 0.481 e. The molecule has 0 radical (unpaired) electrons. The van der Waals surface area contributed by atoms with Crippen molar-refractivity contribution < 1.29 is 64.2 Å². The molecule has 32 heteroatoms. The van der Waals surface area contributed by atoms with E-state index in [9.17, 15) is 60.0 Å². The van der Waals surface area contributed by atoms with Crippen LogP contribution in [-0.2, 0) is 37.8 Å². The van der Waals surface area contributed by atoms with Gasteiger partial charge in [-0.3, -0.25) is 33.5 Å². The number of nitrogens with one attached hydrogen (secondary N) is 2. The average molecular weight is 1270 g/mol. The maximum Gasteiger partial charge on any atom is 0.436 e. The summed E-state index contributed by atoms with van der Waals surface area (Å²) in [5.74, 6) is -5.55. The molecule has 8 aromatic rings. The maximum absolute atomic E-state index is 14.5. The lowest BCUT2D eigenvalue weighted by Crippen LogP contribution is -2.66. The van der Waals surface area contributed by atoms with Crippen molar-refractivity contribution in [1.82, 2.24) is 79.0 Å². The molecule has 3 N–H and O–H groups in total. The molecule has 4 aliphatic heterocycles. The third kappa shape index (κ3) is 14.4. The molecule has 4 fully saturated rings. The molecule has 12 rings (SSSR count). The normalized spacial score (nSPS) is 16.6. The summed E-state index contributed by atoms with van der Waals surface area (Å²) in [5, 5.41) is 38.1. The Morgan fingerprint density at radius 2 is 1.02 bits per heavy atom. The van der Waals surface area contributed by atoms with Crippen LogP contribution in [0.3, 0.4) is 0 Å². The molecule has 4 aliphatic rings. The zero-order chi connectivity index (χ0) is 64.5. The number of halogens is 8. The summed E-state index contributed by atoms with van der Waals surface area (Å²) in [6.45, 7) is 5.41. The summed E-state index contributed by atoms with van der Waals surface area (Å²) in [4.78, 5) is 88.4. The number of unbranched alkanes of at least 4 members (excludes halogenated alkanes) is 1. The van der Waals surface area contributed by atoms with Crippen LogP contribution in [0.4, 0.5) is 35.1 Å². The van der Waals surface area contributed by atoms with E-state index < -0.39 is 75.4 Å². The first kappa shape index (κ1) is 67.0. The number of fused-ring (bicyclic) bond motifs is 2. The van der Waals surface area contributed by atoms with Crippen LogP contribution >= 0.6 is 0 Å². The molecular formula is C59H60F8N18O6. The summed E-state index contributed by atoms with van der Waals surface area (Å²) in [6, 6.07) is 10.5. The highest BCUT2D eigenvalue weighted by molar-refractivity contribution is 5.95.